The van der Waals surface area contributed by atoms with Crippen LogP contribution in [0, 0.1) is 11.3 Å². The number of nitriles is 1. The fourth-order valence-electron chi connectivity index (χ4n) is 4.19. The summed E-state index contributed by atoms with van der Waals surface area (Å²) in [6, 6.07) is 21.2. The van der Waals surface area contributed by atoms with Crippen molar-refractivity contribution in [1.82, 2.24) is 0 Å². The molecule has 0 aromatic heterocycles. The van der Waals surface area contributed by atoms with Crippen molar-refractivity contribution in [2.75, 3.05) is 32.2 Å². The van der Waals surface area contributed by atoms with Crippen LogP contribution in [0.4, 0.5) is 5.69 Å². The van der Waals surface area contributed by atoms with E-state index in [2.05, 4.69) is 6.07 Å². The maximum absolute atomic E-state index is 13.1. The van der Waals surface area contributed by atoms with E-state index in [1.54, 1.807) is 31.3 Å². The van der Waals surface area contributed by atoms with Gasteiger partial charge in [0.1, 0.15) is 18.0 Å². The molecule has 1 amide bonds. The molecule has 4 rings (SSSR count). The van der Waals surface area contributed by atoms with Crippen molar-refractivity contribution in [2.24, 2.45) is 4.99 Å². The highest BCUT2D eigenvalue weighted by molar-refractivity contribution is 6.22. The second-order valence-corrected chi connectivity index (χ2v) is 7.65. The van der Waals surface area contributed by atoms with Crippen molar-refractivity contribution in [1.29, 1.82) is 5.26 Å². The normalized spacial score (nSPS) is 13.0. The van der Waals surface area contributed by atoms with Crippen LogP contribution in [0.5, 0.6) is 11.5 Å². The first-order valence-electron chi connectivity index (χ1n) is 10.8. The number of hydrogen-bond acceptors (Lipinski definition) is 5. The van der Waals surface area contributed by atoms with Crippen LogP contribution in [-0.2, 0) is 4.79 Å². The lowest BCUT2D eigenvalue weighted by molar-refractivity contribution is -0.117. The van der Waals surface area contributed by atoms with E-state index >= 15 is 0 Å². The van der Waals surface area contributed by atoms with Crippen molar-refractivity contribution in [3.05, 3.63) is 77.4 Å². The number of benzene rings is 3. The van der Waals surface area contributed by atoms with Gasteiger partial charge in [0.05, 0.1) is 48.4 Å². The fourth-order valence-corrected chi connectivity index (χ4v) is 4.19. The predicted molar refractivity (Wildman–Crippen MR) is 129 cm³/mol. The summed E-state index contributed by atoms with van der Waals surface area (Å²) in [6.07, 6.45) is 0.787. The average molecular weight is 440 g/mol. The van der Waals surface area contributed by atoms with Crippen molar-refractivity contribution in [3.8, 4) is 28.7 Å². The van der Waals surface area contributed by atoms with Crippen LogP contribution in [0.25, 0.3) is 11.1 Å². The monoisotopic (exact) mass is 439 g/mol. The van der Waals surface area contributed by atoms with Gasteiger partial charge in [-0.1, -0.05) is 49.4 Å². The minimum atomic E-state index is -0.0962. The van der Waals surface area contributed by atoms with E-state index in [1.165, 1.54) is 0 Å². The summed E-state index contributed by atoms with van der Waals surface area (Å²) in [6.45, 7) is 2.58. The largest absolute Gasteiger partial charge is 0.496 e. The highest BCUT2D eigenvalue weighted by atomic mass is 16.5. The maximum atomic E-state index is 13.1. The molecule has 0 atom stereocenters. The minimum absolute atomic E-state index is 0.00688. The third kappa shape index (κ3) is 4.06. The SMILES string of the molecule is CCCN1C(=O)CN=C(c2cccc(C#N)c2)c2c1cc(OC)c(-c1ccccc1)c2OC. The van der Waals surface area contributed by atoms with Crippen LogP contribution in [0.1, 0.15) is 30.0 Å². The zero-order valence-electron chi connectivity index (χ0n) is 19.0. The standard InChI is InChI=1S/C27H25N3O3/c1-4-13-30-21-15-22(32-2)24(19-10-6-5-7-11-19)27(33-3)25(21)26(29-17-23(30)31)20-12-8-9-18(14-20)16-28/h5-12,14-15H,4,13,17H2,1-3H3. The van der Waals surface area contributed by atoms with Gasteiger partial charge >= 0.3 is 0 Å². The molecule has 33 heavy (non-hydrogen) atoms. The molecule has 0 radical (unpaired) electrons. The highest BCUT2D eigenvalue weighted by Gasteiger charge is 2.31. The van der Waals surface area contributed by atoms with Crippen LogP contribution >= 0.6 is 0 Å². The van der Waals surface area contributed by atoms with Gasteiger partial charge in [-0.05, 0) is 24.1 Å². The molecule has 1 aliphatic heterocycles. The Labute approximate surface area is 193 Å². The number of ether oxygens (including phenoxy) is 2. The van der Waals surface area contributed by atoms with Gasteiger partial charge in [-0.15, -0.1) is 0 Å². The number of anilines is 1. The second-order valence-electron chi connectivity index (χ2n) is 7.65. The van der Waals surface area contributed by atoms with Gasteiger partial charge in [-0.3, -0.25) is 9.79 Å². The lowest BCUT2D eigenvalue weighted by atomic mass is 9.92. The number of benzodiazepines with no additional fused rings is 1. The molecule has 0 saturated heterocycles. The molecule has 0 unspecified atom stereocenters. The summed E-state index contributed by atoms with van der Waals surface area (Å²) in [7, 11) is 3.23. The molecule has 0 bridgehead atoms. The number of carbonyl (C=O) groups is 1. The lowest BCUT2D eigenvalue weighted by Gasteiger charge is -2.26. The number of amides is 1. The smallest absolute Gasteiger partial charge is 0.248 e. The number of rotatable bonds is 6. The highest BCUT2D eigenvalue weighted by Crippen LogP contribution is 2.47. The van der Waals surface area contributed by atoms with Crippen LogP contribution in [-0.4, -0.2) is 38.9 Å². The third-order valence-corrected chi connectivity index (χ3v) is 5.62. The van der Waals surface area contributed by atoms with Gasteiger partial charge in [0, 0.05) is 18.2 Å². The lowest BCUT2D eigenvalue weighted by Crippen LogP contribution is -2.33. The van der Waals surface area contributed by atoms with E-state index in [-0.39, 0.29) is 12.5 Å². The van der Waals surface area contributed by atoms with Crippen molar-refractivity contribution in [3.63, 3.8) is 0 Å². The van der Waals surface area contributed by atoms with Crippen molar-refractivity contribution in [2.45, 2.75) is 13.3 Å². The Kier molecular flexibility index (Phi) is 6.41. The summed E-state index contributed by atoms with van der Waals surface area (Å²) in [5.74, 6) is 1.09. The number of hydrogen-bond donors (Lipinski definition) is 0. The van der Waals surface area contributed by atoms with E-state index < -0.39 is 0 Å². The van der Waals surface area contributed by atoms with Gasteiger partial charge in [-0.2, -0.15) is 5.26 Å². The average Bonchev–Trinajstić information content (AvgIpc) is 3.00. The van der Waals surface area contributed by atoms with Crippen LogP contribution in [0.2, 0.25) is 0 Å². The molecule has 0 spiro atoms. The third-order valence-electron chi connectivity index (χ3n) is 5.62. The predicted octanol–water partition coefficient (Wildman–Crippen LogP) is 4.84. The molecule has 0 saturated carbocycles. The molecule has 0 aliphatic carbocycles. The van der Waals surface area contributed by atoms with Gasteiger partial charge in [-0.25, -0.2) is 0 Å². The Morgan fingerprint density at radius 3 is 2.42 bits per heavy atom. The Hall–Kier alpha value is -4.11. The summed E-state index contributed by atoms with van der Waals surface area (Å²) in [5, 5.41) is 9.43. The van der Waals surface area contributed by atoms with Gasteiger partial charge in [0.2, 0.25) is 5.91 Å². The number of nitrogens with zero attached hydrogens (tertiary/aromatic N) is 3. The molecule has 166 valence electrons. The minimum Gasteiger partial charge on any atom is -0.496 e. The molecule has 1 aliphatic rings. The maximum Gasteiger partial charge on any atom is 0.248 e. The Morgan fingerprint density at radius 2 is 1.76 bits per heavy atom. The van der Waals surface area contributed by atoms with E-state index in [0.717, 1.165) is 23.1 Å². The first kappa shape index (κ1) is 22.1. The van der Waals surface area contributed by atoms with Crippen LogP contribution in [0.3, 0.4) is 0 Å². The van der Waals surface area contributed by atoms with E-state index in [0.29, 0.717) is 40.6 Å². The summed E-state index contributed by atoms with van der Waals surface area (Å²) >= 11 is 0. The van der Waals surface area contributed by atoms with Gasteiger partial charge in [0.25, 0.3) is 0 Å². The van der Waals surface area contributed by atoms with E-state index in [9.17, 15) is 10.1 Å². The Balaban J connectivity index is 2.10. The molecular weight excluding hydrogens is 414 g/mol. The second kappa shape index (κ2) is 9.58. The molecule has 3 aromatic carbocycles. The van der Waals surface area contributed by atoms with E-state index in [1.807, 2.05) is 55.5 Å². The fraction of sp³-hybridized carbons (Fsp3) is 0.222. The van der Waals surface area contributed by atoms with E-state index in [4.69, 9.17) is 14.5 Å². The zero-order valence-corrected chi connectivity index (χ0v) is 19.0. The van der Waals surface area contributed by atoms with Gasteiger partial charge < -0.3 is 14.4 Å². The first-order valence-corrected chi connectivity index (χ1v) is 10.8. The molecule has 0 fully saturated rings. The number of fused-ring (bicyclic) bond motifs is 1. The molecule has 3 aromatic rings. The summed E-state index contributed by atoms with van der Waals surface area (Å²) in [4.78, 5) is 19.6. The summed E-state index contributed by atoms with van der Waals surface area (Å²) in [5.41, 5.74) is 5.01. The molecule has 6 heteroatoms. The Bertz CT molecular complexity index is 1260. The number of aliphatic imine (C=N–C) groups is 1. The molecule has 0 N–H and O–H groups in total. The quantitative estimate of drug-likeness (QED) is 0.551. The van der Waals surface area contributed by atoms with Crippen molar-refractivity contribution < 1.29 is 14.3 Å². The zero-order chi connectivity index (χ0) is 23.4. The van der Waals surface area contributed by atoms with Crippen LogP contribution in [0.15, 0.2) is 65.7 Å². The first-order chi connectivity index (χ1) is 16.1. The Morgan fingerprint density at radius 1 is 1.00 bits per heavy atom. The van der Waals surface area contributed by atoms with Gasteiger partial charge in [0.15, 0.2) is 0 Å². The molecular formula is C27H25N3O3. The topological polar surface area (TPSA) is 74.9 Å². The molecule has 6 nitrogen and oxygen atoms in total. The summed E-state index contributed by atoms with van der Waals surface area (Å²) < 4.78 is 11.8. The number of carbonyl (C=O) groups excluding carboxylic acids is 1. The molecule has 1 heterocycles. The van der Waals surface area contributed by atoms with Crippen molar-refractivity contribution >= 4 is 17.3 Å². The number of methoxy groups -OCH3 is 2. The van der Waals surface area contributed by atoms with Crippen LogP contribution < -0.4 is 14.4 Å².